The highest BCUT2D eigenvalue weighted by atomic mass is 32.1. The maximum Gasteiger partial charge on any atom is 0.205 e. The van der Waals surface area contributed by atoms with E-state index in [-0.39, 0.29) is 0 Å². The first-order valence-electron chi connectivity index (χ1n) is 9.20. The van der Waals surface area contributed by atoms with Gasteiger partial charge in [0.15, 0.2) is 5.96 Å². The van der Waals surface area contributed by atoms with E-state index in [1.54, 1.807) is 0 Å². The quantitative estimate of drug-likeness (QED) is 0.660. The van der Waals surface area contributed by atoms with Gasteiger partial charge in [0.25, 0.3) is 0 Å². The molecule has 1 aromatic carbocycles. The van der Waals surface area contributed by atoms with E-state index in [9.17, 15) is 0 Å². The van der Waals surface area contributed by atoms with Gasteiger partial charge in [-0.15, -0.1) is 0 Å². The molecule has 1 aliphatic heterocycles. The second-order valence-corrected chi connectivity index (χ2v) is 7.38. The van der Waals surface area contributed by atoms with Crippen LogP contribution in [-0.4, -0.2) is 53.4 Å². The highest BCUT2D eigenvalue weighted by Gasteiger charge is 2.22. The summed E-state index contributed by atoms with van der Waals surface area (Å²) in [5.41, 5.74) is 3.94. The number of hydrogen-bond acceptors (Lipinski definition) is 5. The van der Waals surface area contributed by atoms with E-state index in [0.29, 0.717) is 0 Å². The Morgan fingerprint density at radius 2 is 2.00 bits per heavy atom. The molecule has 0 atom stereocenters. The zero-order valence-electron chi connectivity index (χ0n) is 16.1. The standard InChI is InChI=1S/C19H28N6S/c1-5-17-22-19(26-23-17)25-10-8-24(9-11-25)18(20-4)21-13-16-7-6-14(2)12-15(16)3/h6-7,12H,5,8-11,13H2,1-4H3,(H,20,21). The Bertz CT molecular complexity index is 761. The fourth-order valence-electron chi connectivity index (χ4n) is 3.18. The molecule has 1 aliphatic rings. The largest absolute Gasteiger partial charge is 0.352 e. The van der Waals surface area contributed by atoms with Crippen molar-refractivity contribution in [2.75, 3.05) is 38.1 Å². The maximum atomic E-state index is 4.60. The van der Waals surface area contributed by atoms with E-state index >= 15 is 0 Å². The first-order chi connectivity index (χ1) is 12.6. The summed E-state index contributed by atoms with van der Waals surface area (Å²) < 4.78 is 4.40. The first kappa shape index (κ1) is 18.6. The van der Waals surface area contributed by atoms with E-state index in [1.807, 2.05) is 7.05 Å². The van der Waals surface area contributed by atoms with Gasteiger partial charge in [-0.1, -0.05) is 30.7 Å². The third-order valence-electron chi connectivity index (χ3n) is 4.77. The molecule has 0 radical (unpaired) electrons. The van der Waals surface area contributed by atoms with Crippen molar-refractivity contribution in [3.05, 3.63) is 40.7 Å². The van der Waals surface area contributed by atoms with Crippen LogP contribution in [0.4, 0.5) is 5.13 Å². The Morgan fingerprint density at radius 3 is 2.62 bits per heavy atom. The number of aromatic nitrogens is 2. The summed E-state index contributed by atoms with van der Waals surface area (Å²) >= 11 is 1.51. The van der Waals surface area contributed by atoms with E-state index in [1.165, 1.54) is 28.2 Å². The van der Waals surface area contributed by atoms with Crippen LogP contribution in [0.2, 0.25) is 0 Å². The van der Waals surface area contributed by atoms with Gasteiger partial charge in [0.2, 0.25) is 5.13 Å². The minimum Gasteiger partial charge on any atom is -0.352 e. The third-order valence-corrected chi connectivity index (χ3v) is 5.58. The van der Waals surface area contributed by atoms with Crippen molar-refractivity contribution >= 4 is 22.6 Å². The Labute approximate surface area is 160 Å². The number of hydrogen-bond donors (Lipinski definition) is 1. The molecule has 0 bridgehead atoms. The lowest BCUT2D eigenvalue weighted by atomic mass is 10.1. The van der Waals surface area contributed by atoms with Gasteiger partial charge in [0.05, 0.1) is 0 Å². The number of nitrogens with zero attached hydrogens (tertiary/aromatic N) is 5. The van der Waals surface area contributed by atoms with Crippen molar-refractivity contribution < 1.29 is 0 Å². The van der Waals surface area contributed by atoms with Gasteiger partial charge in [-0.3, -0.25) is 4.99 Å². The fourth-order valence-corrected chi connectivity index (χ4v) is 3.98. The van der Waals surface area contributed by atoms with Gasteiger partial charge < -0.3 is 15.1 Å². The predicted molar refractivity (Wildman–Crippen MR) is 109 cm³/mol. The smallest absolute Gasteiger partial charge is 0.205 e. The number of aliphatic imine (C=N–C) groups is 1. The minimum absolute atomic E-state index is 0.801. The number of aryl methyl sites for hydroxylation is 3. The summed E-state index contributed by atoms with van der Waals surface area (Å²) in [5, 5.41) is 4.56. The summed E-state index contributed by atoms with van der Waals surface area (Å²) in [6.45, 7) is 11.0. The molecule has 140 valence electrons. The van der Waals surface area contributed by atoms with Crippen LogP contribution in [0.1, 0.15) is 29.4 Å². The van der Waals surface area contributed by atoms with Gasteiger partial charge in [0.1, 0.15) is 5.82 Å². The maximum absolute atomic E-state index is 4.60. The van der Waals surface area contributed by atoms with Crippen molar-refractivity contribution in [1.29, 1.82) is 0 Å². The Morgan fingerprint density at radius 1 is 1.23 bits per heavy atom. The van der Waals surface area contributed by atoms with Crippen molar-refractivity contribution in [1.82, 2.24) is 19.6 Å². The van der Waals surface area contributed by atoms with E-state index in [0.717, 1.165) is 56.1 Å². The lowest BCUT2D eigenvalue weighted by Gasteiger charge is -2.36. The molecule has 1 aromatic heterocycles. The van der Waals surface area contributed by atoms with Gasteiger partial charge in [-0.2, -0.15) is 4.37 Å². The van der Waals surface area contributed by atoms with Crippen LogP contribution in [0.3, 0.4) is 0 Å². The van der Waals surface area contributed by atoms with E-state index in [4.69, 9.17) is 0 Å². The molecule has 26 heavy (non-hydrogen) atoms. The Hall–Kier alpha value is -2.15. The summed E-state index contributed by atoms with van der Waals surface area (Å²) in [6, 6.07) is 6.59. The highest BCUT2D eigenvalue weighted by Crippen LogP contribution is 2.19. The summed E-state index contributed by atoms with van der Waals surface area (Å²) in [4.78, 5) is 13.7. The van der Waals surface area contributed by atoms with Crippen molar-refractivity contribution in [2.45, 2.75) is 33.7 Å². The molecule has 0 amide bonds. The van der Waals surface area contributed by atoms with Crippen LogP contribution >= 0.6 is 11.5 Å². The predicted octanol–water partition coefficient (Wildman–Crippen LogP) is 2.61. The van der Waals surface area contributed by atoms with Crippen LogP contribution < -0.4 is 10.2 Å². The lowest BCUT2D eigenvalue weighted by Crippen LogP contribution is -2.52. The number of piperazine rings is 1. The average molecular weight is 373 g/mol. The molecule has 1 fully saturated rings. The molecule has 7 heteroatoms. The molecule has 0 unspecified atom stereocenters. The van der Waals surface area contributed by atoms with Crippen molar-refractivity contribution in [3.8, 4) is 0 Å². The van der Waals surface area contributed by atoms with Gasteiger partial charge >= 0.3 is 0 Å². The molecular weight excluding hydrogens is 344 g/mol. The number of rotatable bonds is 4. The zero-order valence-corrected chi connectivity index (χ0v) is 16.9. The van der Waals surface area contributed by atoms with Gasteiger partial charge in [0, 0.05) is 57.7 Å². The second-order valence-electron chi connectivity index (χ2n) is 6.65. The molecule has 2 aromatic rings. The van der Waals surface area contributed by atoms with E-state index < -0.39 is 0 Å². The van der Waals surface area contributed by atoms with Gasteiger partial charge in [-0.05, 0) is 25.0 Å². The molecule has 6 nitrogen and oxygen atoms in total. The number of nitrogens with one attached hydrogen (secondary N) is 1. The summed E-state index contributed by atoms with van der Waals surface area (Å²) in [5.74, 6) is 1.91. The molecule has 0 aliphatic carbocycles. The van der Waals surface area contributed by atoms with Crippen LogP contribution in [0.15, 0.2) is 23.2 Å². The zero-order chi connectivity index (χ0) is 18.5. The summed E-state index contributed by atoms with van der Waals surface area (Å²) in [7, 11) is 1.86. The highest BCUT2D eigenvalue weighted by molar-refractivity contribution is 7.09. The van der Waals surface area contributed by atoms with Crippen molar-refractivity contribution in [2.24, 2.45) is 4.99 Å². The van der Waals surface area contributed by atoms with Crippen LogP contribution in [0, 0.1) is 13.8 Å². The SMILES string of the molecule is CCc1nsc(N2CCN(C(=NC)NCc3ccc(C)cc3C)CC2)n1. The molecule has 1 N–H and O–H groups in total. The molecule has 1 saturated heterocycles. The normalized spacial score (nSPS) is 15.5. The Kier molecular flexibility index (Phi) is 6.08. The summed E-state index contributed by atoms with van der Waals surface area (Å²) in [6.07, 6.45) is 0.894. The second kappa shape index (κ2) is 8.49. The minimum atomic E-state index is 0.801. The lowest BCUT2D eigenvalue weighted by molar-refractivity contribution is 0.372. The molecule has 3 rings (SSSR count). The number of anilines is 1. The average Bonchev–Trinajstić information content (AvgIpc) is 3.13. The molecule has 0 spiro atoms. The monoisotopic (exact) mass is 372 g/mol. The molecular formula is C19H28N6S. The van der Waals surface area contributed by atoms with Crippen LogP contribution in [-0.2, 0) is 13.0 Å². The van der Waals surface area contributed by atoms with E-state index in [2.05, 4.69) is 68.4 Å². The van der Waals surface area contributed by atoms with Crippen molar-refractivity contribution in [3.63, 3.8) is 0 Å². The topological polar surface area (TPSA) is 56.7 Å². The molecule has 0 saturated carbocycles. The molecule has 2 heterocycles. The number of benzene rings is 1. The third kappa shape index (κ3) is 4.33. The van der Waals surface area contributed by atoms with Crippen LogP contribution in [0.5, 0.6) is 0 Å². The number of guanidine groups is 1. The van der Waals surface area contributed by atoms with Crippen LogP contribution in [0.25, 0.3) is 0 Å². The Balaban J connectivity index is 1.55. The van der Waals surface area contributed by atoms with Gasteiger partial charge in [-0.25, -0.2) is 4.98 Å². The first-order valence-corrected chi connectivity index (χ1v) is 9.97. The fraction of sp³-hybridized carbons (Fsp3) is 0.526.